The van der Waals surface area contributed by atoms with Crippen LogP contribution in [0.5, 0.6) is 0 Å². The first-order valence-corrected chi connectivity index (χ1v) is 5.79. The van der Waals surface area contributed by atoms with Crippen molar-refractivity contribution in [2.24, 2.45) is 0 Å². The molecule has 1 N–H and O–H groups in total. The van der Waals surface area contributed by atoms with Gasteiger partial charge in [0.1, 0.15) is 0 Å². The van der Waals surface area contributed by atoms with Gasteiger partial charge >= 0.3 is 0 Å². The molecule has 0 fully saturated rings. The second-order valence-electron chi connectivity index (χ2n) is 3.76. The summed E-state index contributed by atoms with van der Waals surface area (Å²) >= 11 is 5.85. The van der Waals surface area contributed by atoms with Crippen LogP contribution in [0.4, 0.5) is 0 Å². The maximum absolute atomic E-state index is 5.85. The van der Waals surface area contributed by atoms with Gasteiger partial charge in [0.2, 0.25) is 0 Å². The first kappa shape index (κ1) is 10.9. The molecule has 0 spiro atoms. The van der Waals surface area contributed by atoms with E-state index in [1.165, 1.54) is 0 Å². The minimum absolute atomic E-state index is 0.632. The molecule has 0 bridgehead atoms. The monoisotopic (exact) mass is 256 g/mol. The number of aromatic amines is 1. The second kappa shape index (κ2) is 4.58. The fourth-order valence-corrected chi connectivity index (χ4v) is 1.75. The Hall–Kier alpha value is -2.20. The Balaban J connectivity index is 1.97. The first-order chi connectivity index (χ1) is 8.83. The van der Waals surface area contributed by atoms with Crippen molar-refractivity contribution >= 4 is 11.6 Å². The van der Waals surface area contributed by atoms with Gasteiger partial charge in [-0.1, -0.05) is 11.6 Å². The van der Waals surface area contributed by atoms with E-state index in [4.69, 9.17) is 11.6 Å². The Morgan fingerprint density at radius 2 is 1.83 bits per heavy atom. The van der Waals surface area contributed by atoms with E-state index in [0.29, 0.717) is 16.7 Å². The van der Waals surface area contributed by atoms with Crippen LogP contribution in [0.25, 0.3) is 22.8 Å². The highest BCUT2D eigenvalue weighted by Crippen LogP contribution is 2.20. The van der Waals surface area contributed by atoms with E-state index in [0.717, 1.165) is 11.1 Å². The summed E-state index contributed by atoms with van der Waals surface area (Å²) in [5.74, 6) is 1.35. The molecule has 0 atom stereocenters. The van der Waals surface area contributed by atoms with Crippen LogP contribution in [0, 0.1) is 0 Å². The molecule has 88 valence electrons. The molecule has 0 aliphatic rings. The van der Waals surface area contributed by atoms with Gasteiger partial charge in [-0.2, -0.15) is 5.10 Å². The minimum atomic E-state index is 0.632. The summed E-state index contributed by atoms with van der Waals surface area (Å²) in [4.78, 5) is 8.47. The Morgan fingerprint density at radius 3 is 2.56 bits per heavy atom. The number of H-pyrrole nitrogens is 1. The Kier molecular flexibility index (Phi) is 2.78. The molecule has 18 heavy (non-hydrogen) atoms. The van der Waals surface area contributed by atoms with E-state index >= 15 is 0 Å². The molecule has 2 heterocycles. The van der Waals surface area contributed by atoms with Gasteiger partial charge in [0.25, 0.3) is 0 Å². The van der Waals surface area contributed by atoms with E-state index in [1.807, 2.05) is 36.4 Å². The van der Waals surface area contributed by atoms with E-state index in [9.17, 15) is 0 Å². The molecule has 3 aromatic rings. The molecule has 2 aromatic heterocycles. The lowest BCUT2D eigenvalue weighted by Gasteiger charge is -1.95. The number of aromatic nitrogens is 4. The Bertz CT molecular complexity index is 646. The molecule has 0 aliphatic carbocycles. The van der Waals surface area contributed by atoms with Crippen LogP contribution in [-0.2, 0) is 0 Å². The van der Waals surface area contributed by atoms with Crippen molar-refractivity contribution in [2.75, 3.05) is 0 Å². The maximum Gasteiger partial charge on any atom is 0.183 e. The number of pyridine rings is 1. The average molecular weight is 257 g/mol. The smallest absolute Gasteiger partial charge is 0.183 e. The summed E-state index contributed by atoms with van der Waals surface area (Å²) in [5.41, 5.74) is 1.83. The maximum atomic E-state index is 5.85. The zero-order chi connectivity index (χ0) is 12.4. The summed E-state index contributed by atoms with van der Waals surface area (Å²) in [6.45, 7) is 0. The Labute approximate surface area is 109 Å². The van der Waals surface area contributed by atoms with Gasteiger partial charge in [-0.25, -0.2) is 4.98 Å². The van der Waals surface area contributed by atoms with Gasteiger partial charge in [0.15, 0.2) is 11.6 Å². The third kappa shape index (κ3) is 2.10. The van der Waals surface area contributed by atoms with Crippen molar-refractivity contribution in [3.8, 4) is 22.8 Å². The predicted octanol–water partition coefficient (Wildman–Crippen LogP) is 3.19. The summed E-state index contributed by atoms with van der Waals surface area (Å²) in [6.07, 6.45) is 3.45. The SMILES string of the molecule is Clc1ccc(-c2nc(-c3cccnc3)n[nH]2)cc1. The van der Waals surface area contributed by atoms with E-state index in [-0.39, 0.29) is 0 Å². The van der Waals surface area contributed by atoms with Crippen LogP contribution in [0.2, 0.25) is 5.02 Å². The molecule has 0 saturated carbocycles. The molecule has 0 unspecified atom stereocenters. The van der Waals surface area contributed by atoms with Crippen LogP contribution in [0.1, 0.15) is 0 Å². The number of hydrogen-bond donors (Lipinski definition) is 1. The second-order valence-corrected chi connectivity index (χ2v) is 4.19. The van der Waals surface area contributed by atoms with Crippen molar-refractivity contribution in [2.45, 2.75) is 0 Å². The van der Waals surface area contributed by atoms with E-state index in [2.05, 4.69) is 20.2 Å². The normalized spacial score (nSPS) is 10.5. The zero-order valence-corrected chi connectivity index (χ0v) is 10.1. The molecular weight excluding hydrogens is 248 g/mol. The fraction of sp³-hybridized carbons (Fsp3) is 0. The largest absolute Gasteiger partial charge is 0.264 e. The minimum Gasteiger partial charge on any atom is -0.264 e. The number of rotatable bonds is 2. The van der Waals surface area contributed by atoms with Gasteiger partial charge in [-0.05, 0) is 36.4 Å². The van der Waals surface area contributed by atoms with Gasteiger partial charge in [0.05, 0.1) is 0 Å². The summed E-state index contributed by atoms with van der Waals surface area (Å²) in [5, 5.41) is 7.78. The van der Waals surface area contributed by atoms with Crippen molar-refractivity contribution in [3.05, 3.63) is 53.8 Å². The molecule has 0 radical (unpaired) electrons. The predicted molar refractivity (Wildman–Crippen MR) is 70.1 cm³/mol. The van der Waals surface area contributed by atoms with Crippen LogP contribution < -0.4 is 0 Å². The lowest BCUT2D eigenvalue weighted by molar-refractivity contribution is 1.10. The lowest BCUT2D eigenvalue weighted by Crippen LogP contribution is -1.82. The molecule has 3 rings (SSSR count). The fourth-order valence-electron chi connectivity index (χ4n) is 1.62. The third-order valence-electron chi connectivity index (χ3n) is 2.52. The molecule has 0 aliphatic heterocycles. The molecule has 4 nitrogen and oxygen atoms in total. The van der Waals surface area contributed by atoms with Crippen molar-refractivity contribution in [1.82, 2.24) is 20.2 Å². The van der Waals surface area contributed by atoms with Crippen LogP contribution in [0.3, 0.4) is 0 Å². The molecule has 0 amide bonds. The standard InChI is InChI=1S/C13H9ClN4/c14-11-5-3-9(4-6-11)12-16-13(18-17-12)10-2-1-7-15-8-10/h1-8H,(H,16,17,18). The molecule has 0 saturated heterocycles. The number of nitrogens with zero attached hydrogens (tertiary/aromatic N) is 3. The van der Waals surface area contributed by atoms with Crippen LogP contribution >= 0.6 is 11.6 Å². The Morgan fingerprint density at radius 1 is 1.00 bits per heavy atom. The zero-order valence-electron chi connectivity index (χ0n) is 9.34. The van der Waals surface area contributed by atoms with Crippen molar-refractivity contribution in [3.63, 3.8) is 0 Å². The molecule has 5 heteroatoms. The van der Waals surface area contributed by atoms with Crippen molar-refractivity contribution in [1.29, 1.82) is 0 Å². The molecule has 1 aromatic carbocycles. The van der Waals surface area contributed by atoms with Gasteiger partial charge in [-0.15, -0.1) is 0 Å². The summed E-state index contributed by atoms with van der Waals surface area (Å²) < 4.78 is 0. The summed E-state index contributed by atoms with van der Waals surface area (Å²) in [7, 11) is 0. The average Bonchev–Trinajstić information content (AvgIpc) is 2.90. The van der Waals surface area contributed by atoms with Crippen LogP contribution in [0.15, 0.2) is 48.8 Å². The lowest BCUT2D eigenvalue weighted by atomic mass is 10.2. The highest BCUT2D eigenvalue weighted by atomic mass is 35.5. The highest BCUT2D eigenvalue weighted by Gasteiger charge is 2.07. The van der Waals surface area contributed by atoms with Gasteiger partial charge in [0, 0.05) is 28.5 Å². The van der Waals surface area contributed by atoms with E-state index in [1.54, 1.807) is 12.4 Å². The quantitative estimate of drug-likeness (QED) is 0.766. The highest BCUT2D eigenvalue weighted by molar-refractivity contribution is 6.30. The van der Waals surface area contributed by atoms with Gasteiger partial charge in [-0.3, -0.25) is 10.1 Å². The summed E-state index contributed by atoms with van der Waals surface area (Å²) in [6, 6.07) is 11.2. The topological polar surface area (TPSA) is 54.5 Å². The third-order valence-corrected chi connectivity index (χ3v) is 2.77. The number of nitrogens with one attached hydrogen (secondary N) is 1. The first-order valence-electron chi connectivity index (χ1n) is 5.42. The van der Waals surface area contributed by atoms with Gasteiger partial charge < -0.3 is 0 Å². The molecular formula is C13H9ClN4. The number of hydrogen-bond acceptors (Lipinski definition) is 3. The van der Waals surface area contributed by atoms with E-state index < -0.39 is 0 Å². The number of halogens is 1. The van der Waals surface area contributed by atoms with Crippen molar-refractivity contribution < 1.29 is 0 Å². The number of benzene rings is 1. The van der Waals surface area contributed by atoms with Crippen LogP contribution in [-0.4, -0.2) is 20.2 Å².